The molecule has 0 atom stereocenters. The minimum absolute atomic E-state index is 0.187. The van der Waals surface area contributed by atoms with Gasteiger partial charge in [0.25, 0.3) is 0 Å². The second kappa shape index (κ2) is 8.02. The van der Waals surface area contributed by atoms with Gasteiger partial charge in [-0.3, -0.25) is 0 Å². The Morgan fingerprint density at radius 3 is 1.57 bits per heavy atom. The van der Waals surface area contributed by atoms with Crippen molar-refractivity contribution in [3.63, 3.8) is 0 Å². The van der Waals surface area contributed by atoms with E-state index in [-0.39, 0.29) is 5.41 Å². The van der Waals surface area contributed by atoms with Crippen molar-refractivity contribution in [1.29, 1.82) is 0 Å². The van der Waals surface area contributed by atoms with Gasteiger partial charge in [0, 0.05) is 5.41 Å². The Morgan fingerprint density at radius 1 is 0.619 bits per heavy atom. The topological polar surface area (TPSA) is 0 Å². The van der Waals surface area contributed by atoms with Crippen molar-refractivity contribution >= 4 is 0 Å². The third-order valence-electron chi connectivity index (χ3n) is 4.54. The van der Waals surface area contributed by atoms with Crippen LogP contribution in [-0.4, -0.2) is 0 Å². The van der Waals surface area contributed by atoms with Crippen molar-refractivity contribution in [2.24, 2.45) is 0 Å². The van der Waals surface area contributed by atoms with Crippen molar-refractivity contribution in [3.05, 3.63) is 71.8 Å². The Labute approximate surface area is 130 Å². The highest BCUT2D eigenvalue weighted by atomic mass is 14.4. The van der Waals surface area contributed by atoms with Gasteiger partial charge in [-0.1, -0.05) is 100 Å². The van der Waals surface area contributed by atoms with Gasteiger partial charge in [0.2, 0.25) is 0 Å². The highest BCUT2D eigenvalue weighted by molar-refractivity contribution is 5.39. The van der Waals surface area contributed by atoms with Gasteiger partial charge in [-0.05, 0) is 24.0 Å². The molecule has 2 aromatic carbocycles. The lowest BCUT2D eigenvalue weighted by Crippen LogP contribution is -2.27. The summed E-state index contributed by atoms with van der Waals surface area (Å²) < 4.78 is 0. The maximum atomic E-state index is 2.31. The van der Waals surface area contributed by atoms with Crippen LogP contribution in [0.3, 0.4) is 0 Å². The number of unbranched alkanes of at least 4 members (excludes halogenated alkanes) is 2. The van der Waals surface area contributed by atoms with Crippen LogP contribution in [0.15, 0.2) is 60.7 Å². The fourth-order valence-electron chi connectivity index (χ4n) is 3.49. The van der Waals surface area contributed by atoms with E-state index in [0.717, 1.165) is 0 Å². The van der Waals surface area contributed by atoms with Crippen LogP contribution in [0.25, 0.3) is 0 Å². The predicted molar refractivity (Wildman–Crippen MR) is 92.7 cm³/mol. The number of hydrogen-bond donors (Lipinski definition) is 0. The van der Waals surface area contributed by atoms with E-state index in [2.05, 4.69) is 74.5 Å². The molecular formula is C21H28. The molecule has 0 aliphatic carbocycles. The first kappa shape index (κ1) is 15.8. The molecule has 0 fully saturated rings. The molecule has 0 nitrogen and oxygen atoms in total. The zero-order valence-electron chi connectivity index (χ0n) is 13.5. The van der Waals surface area contributed by atoms with E-state index in [1.165, 1.54) is 49.7 Å². The van der Waals surface area contributed by atoms with Gasteiger partial charge in [0.15, 0.2) is 0 Å². The van der Waals surface area contributed by atoms with Gasteiger partial charge in [-0.15, -0.1) is 0 Å². The Hall–Kier alpha value is -1.56. The minimum atomic E-state index is 0.187. The van der Waals surface area contributed by atoms with E-state index in [4.69, 9.17) is 0 Å². The zero-order chi connectivity index (χ0) is 15.0. The summed E-state index contributed by atoms with van der Waals surface area (Å²) in [5.41, 5.74) is 3.15. The number of benzene rings is 2. The zero-order valence-corrected chi connectivity index (χ0v) is 13.5. The van der Waals surface area contributed by atoms with Crippen LogP contribution in [0, 0.1) is 0 Å². The average Bonchev–Trinajstić information content (AvgIpc) is 2.56. The normalized spacial score (nSPS) is 11.5. The summed E-state index contributed by atoms with van der Waals surface area (Å²) in [5.74, 6) is 0. The molecule has 0 heteroatoms. The molecule has 0 bridgehead atoms. The molecule has 0 amide bonds. The molecule has 2 aromatic rings. The van der Waals surface area contributed by atoms with Crippen molar-refractivity contribution in [1.82, 2.24) is 0 Å². The monoisotopic (exact) mass is 280 g/mol. The van der Waals surface area contributed by atoms with Crippen LogP contribution >= 0.6 is 0 Å². The summed E-state index contributed by atoms with van der Waals surface area (Å²) in [6, 6.07) is 22.2. The fourth-order valence-corrected chi connectivity index (χ4v) is 3.49. The first-order valence-corrected chi connectivity index (χ1v) is 8.44. The van der Waals surface area contributed by atoms with Crippen molar-refractivity contribution < 1.29 is 0 Å². The van der Waals surface area contributed by atoms with Crippen LogP contribution in [-0.2, 0) is 5.41 Å². The SMILES string of the molecule is CCCCCC(CCC)(c1ccccc1)c1ccccc1. The van der Waals surface area contributed by atoms with Crippen molar-refractivity contribution in [3.8, 4) is 0 Å². The average molecular weight is 280 g/mol. The predicted octanol–water partition coefficient (Wildman–Crippen LogP) is 6.35. The number of rotatable bonds is 8. The summed E-state index contributed by atoms with van der Waals surface area (Å²) in [6.45, 7) is 4.59. The van der Waals surface area contributed by atoms with E-state index in [0.29, 0.717) is 0 Å². The Bertz CT molecular complexity index is 459. The summed E-state index contributed by atoms with van der Waals surface area (Å²) >= 11 is 0. The molecule has 0 saturated heterocycles. The van der Waals surface area contributed by atoms with E-state index >= 15 is 0 Å². The van der Waals surface area contributed by atoms with Crippen LogP contribution in [0.5, 0.6) is 0 Å². The highest BCUT2D eigenvalue weighted by Gasteiger charge is 2.32. The second-order valence-corrected chi connectivity index (χ2v) is 6.02. The Kier molecular flexibility index (Phi) is 6.04. The molecule has 0 N–H and O–H groups in total. The minimum Gasteiger partial charge on any atom is -0.0654 e. The van der Waals surface area contributed by atoms with Crippen LogP contribution in [0.4, 0.5) is 0 Å². The van der Waals surface area contributed by atoms with E-state index in [1.807, 2.05) is 0 Å². The molecule has 0 aromatic heterocycles. The highest BCUT2D eigenvalue weighted by Crippen LogP contribution is 2.41. The first-order valence-electron chi connectivity index (χ1n) is 8.44. The maximum Gasteiger partial charge on any atom is 0.0202 e. The fraction of sp³-hybridized carbons (Fsp3) is 0.429. The smallest absolute Gasteiger partial charge is 0.0202 e. The van der Waals surface area contributed by atoms with E-state index in [1.54, 1.807) is 0 Å². The molecule has 0 radical (unpaired) electrons. The second-order valence-electron chi connectivity index (χ2n) is 6.02. The molecular weight excluding hydrogens is 252 g/mol. The molecule has 0 heterocycles. The first-order chi connectivity index (χ1) is 10.3. The van der Waals surface area contributed by atoms with Crippen molar-refractivity contribution in [2.75, 3.05) is 0 Å². The van der Waals surface area contributed by atoms with Crippen LogP contribution in [0.2, 0.25) is 0 Å². The lowest BCUT2D eigenvalue weighted by molar-refractivity contribution is 0.410. The lowest BCUT2D eigenvalue weighted by atomic mass is 9.68. The molecule has 2 rings (SSSR count). The van der Waals surface area contributed by atoms with Gasteiger partial charge >= 0.3 is 0 Å². The Balaban J connectivity index is 2.44. The summed E-state index contributed by atoms with van der Waals surface area (Å²) in [7, 11) is 0. The van der Waals surface area contributed by atoms with Gasteiger partial charge in [-0.25, -0.2) is 0 Å². The molecule has 0 spiro atoms. The van der Waals surface area contributed by atoms with Gasteiger partial charge < -0.3 is 0 Å². The van der Waals surface area contributed by atoms with Gasteiger partial charge in [0.1, 0.15) is 0 Å². The lowest BCUT2D eigenvalue weighted by Gasteiger charge is -2.35. The van der Waals surface area contributed by atoms with Gasteiger partial charge in [0.05, 0.1) is 0 Å². The molecule has 0 aliphatic rings. The standard InChI is InChI=1S/C21H28/c1-3-5-12-18-21(17-4-2,19-13-8-6-9-14-19)20-15-10-7-11-16-20/h6-11,13-16H,3-5,12,17-18H2,1-2H3. The van der Waals surface area contributed by atoms with Gasteiger partial charge in [-0.2, -0.15) is 0 Å². The summed E-state index contributed by atoms with van der Waals surface area (Å²) in [6.07, 6.45) is 7.61. The molecule has 21 heavy (non-hydrogen) atoms. The van der Waals surface area contributed by atoms with Crippen LogP contribution in [0.1, 0.15) is 63.5 Å². The van der Waals surface area contributed by atoms with E-state index < -0.39 is 0 Å². The molecule has 0 aliphatic heterocycles. The molecule has 112 valence electrons. The van der Waals surface area contributed by atoms with Crippen molar-refractivity contribution in [2.45, 2.75) is 57.8 Å². The van der Waals surface area contributed by atoms with E-state index in [9.17, 15) is 0 Å². The van der Waals surface area contributed by atoms with Crippen LogP contribution < -0.4 is 0 Å². The quantitative estimate of drug-likeness (QED) is 0.494. The molecule has 0 unspecified atom stereocenters. The third kappa shape index (κ3) is 3.75. The largest absolute Gasteiger partial charge is 0.0654 e. The maximum absolute atomic E-state index is 2.31. The number of hydrogen-bond acceptors (Lipinski definition) is 0. The summed E-state index contributed by atoms with van der Waals surface area (Å²) in [5, 5.41) is 0. The third-order valence-corrected chi connectivity index (χ3v) is 4.54. The summed E-state index contributed by atoms with van der Waals surface area (Å²) in [4.78, 5) is 0. The Morgan fingerprint density at radius 2 is 1.14 bits per heavy atom. The molecule has 0 saturated carbocycles.